The molecule has 0 aromatic heterocycles. The van der Waals surface area contributed by atoms with Crippen molar-refractivity contribution in [3.05, 3.63) is 65.7 Å². The second-order valence-corrected chi connectivity index (χ2v) is 5.44. The van der Waals surface area contributed by atoms with Crippen LogP contribution in [0.25, 0.3) is 0 Å². The molecule has 2 aromatic carbocycles. The zero-order valence-electron chi connectivity index (χ0n) is 12.2. The molecular formula is C18H17N3O. The Bertz CT molecular complexity index is 706. The second kappa shape index (κ2) is 6.31. The van der Waals surface area contributed by atoms with Gasteiger partial charge >= 0.3 is 0 Å². The molecule has 4 heteroatoms. The highest BCUT2D eigenvalue weighted by Crippen LogP contribution is 2.18. The van der Waals surface area contributed by atoms with Gasteiger partial charge < -0.3 is 10.2 Å². The normalized spacial score (nSPS) is 17.0. The predicted molar refractivity (Wildman–Crippen MR) is 85.5 cm³/mol. The Morgan fingerprint density at radius 2 is 2.00 bits per heavy atom. The lowest BCUT2D eigenvalue weighted by molar-refractivity contribution is 0.0791. The summed E-state index contributed by atoms with van der Waals surface area (Å²) in [5, 5.41) is 12.4. The zero-order chi connectivity index (χ0) is 15.4. The van der Waals surface area contributed by atoms with E-state index in [4.69, 9.17) is 5.26 Å². The van der Waals surface area contributed by atoms with Crippen LogP contribution in [0.3, 0.4) is 0 Å². The molecular weight excluding hydrogens is 274 g/mol. The van der Waals surface area contributed by atoms with Crippen LogP contribution in [0.15, 0.2) is 54.6 Å². The van der Waals surface area contributed by atoms with E-state index in [1.54, 1.807) is 24.3 Å². The molecule has 0 saturated carbocycles. The molecule has 0 radical (unpaired) electrons. The Kier molecular flexibility index (Phi) is 4.06. The first-order chi connectivity index (χ1) is 10.8. The van der Waals surface area contributed by atoms with Gasteiger partial charge in [-0.05, 0) is 36.8 Å². The van der Waals surface area contributed by atoms with Gasteiger partial charge in [-0.1, -0.05) is 24.3 Å². The average molecular weight is 291 g/mol. The van der Waals surface area contributed by atoms with Gasteiger partial charge in [-0.15, -0.1) is 0 Å². The quantitative estimate of drug-likeness (QED) is 0.946. The molecule has 4 nitrogen and oxygen atoms in total. The number of para-hydroxylation sites is 1. The standard InChI is InChI=1S/C18H17N3O/c19-12-14-5-4-6-15(11-14)18(22)21-10-9-17(13-21)20-16-7-2-1-3-8-16/h1-8,11,17,20H,9-10,13H2. The number of nitrogens with zero attached hydrogens (tertiary/aromatic N) is 2. The number of hydrogen-bond donors (Lipinski definition) is 1. The van der Waals surface area contributed by atoms with Gasteiger partial charge in [-0.3, -0.25) is 4.79 Å². The van der Waals surface area contributed by atoms with E-state index in [9.17, 15) is 4.79 Å². The number of benzene rings is 2. The summed E-state index contributed by atoms with van der Waals surface area (Å²) in [6, 6.07) is 19.2. The molecule has 1 amide bonds. The molecule has 110 valence electrons. The molecule has 1 aliphatic heterocycles. The number of amides is 1. The molecule has 1 unspecified atom stereocenters. The lowest BCUT2D eigenvalue weighted by Gasteiger charge is -2.18. The fraction of sp³-hybridized carbons (Fsp3) is 0.222. The number of anilines is 1. The van der Waals surface area contributed by atoms with Gasteiger partial charge in [0, 0.05) is 30.4 Å². The first-order valence-corrected chi connectivity index (χ1v) is 7.37. The molecule has 1 N–H and O–H groups in total. The minimum Gasteiger partial charge on any atom is -0.380 e. The topological polar surface area (TPSA) is 56.1 Å². The monoisotopic (exact) mass is 291 g/mol. The van der Waals surface area contributed by atoms with Crippen molar-refractivity contribution in [2.45, 2.75) is 12.5 Å². The largest absolute Gasteiger partial charge is 0.380 e. The summed E-state index contributed by atoms with van der Waals surface area (Å²) in [5.41, 5.74) is 2.18. The number of carbonyl (C=O) groups is 1. The Morgan fingerprint density at radius 1 is 1.18 bits per heavy atom. The van der Waals surface area contributed by atoms with Crippen LogP contribution in [0.5, 0.6) is 0 Å². The predicted octanol–water partition coefficient (Wildman–Crippen LogP) is 2.88. The van der Waals surface area contributed by atoms with E-state index < -0.39 is 0 Å². The van der Waals surface area contributed by atoms with Crippen LogP contribution in [-0.4, -0.2) is 29.9 Å². The first-order valence-electron chi connectivity index (χ1n) is 7.37. The van der Waals surface area contributed by atoms with Crippen LogP contribution < -0.4 is 5.32 Å². The lowest BCUT2D eigenvalue weighted by atomic mass is 10.1. The maximum Gasteiger partial charge on any atom is 0.253 e. The summed E-state index contributed by atoms with van der Waals surface area (Å²) in [5.74, 6) is -0.00513. The van der Waals surface area contributed by atoms with E-state index in [-0.39, 0.29) is 11.9 Å². The first kappa shape index (κ1) is 14.2. The molecule has 1 heterocycles. The summed E-state index contributed by atoms with van der Waals surface area (Å²) in [7, 11) is 0. The summed E-state index contributed by atoms with van der Waals surface area (Å²) >= 11 is 0. The third kappa shape index (κ3) is 3.09. The van der Waals surface area contributed by atoms with Crippen molar-refractivity contribution in [2.24, 2.45) is 0 Å². The Morgan fingerprint density at radius 3 is 2.77 bits per heavy atom. The van der Waals surface area contributed by atoms with Crippen molar-refractivity contribution in [3.8, 4) is 6.07 Å². The van der Waals surface area contributed by atoms with Gasteiger partial charge in [-0.25, -0.2) is 0 Å². The van der Waals surface area contributed by atoms with Crippen LogP contribution in [0.4, 0.5) is 5.69 Å². The van der Waals surface area contributed by atoms with Crippen molar-refractivity contribution in [2.75, 3.05) is 18.4 Å². The highest BCUT2D eigenvalue weighted by Gasteiger charge is 2.26. The van der Waals surface area contributed by atoms with Crippen LogP contribution in [-0.2, 0) is 0 Å². The van der Waals surface area contributed by atoms with E-state index in [0.29, 0.717) is 17.7 Å². The minimum atomic E-state index is -0.00513. The van der Waals surface area contributed by atoms with Gasteiger partial charge in [0.2, 0.25) is 0 Å². The summed E-state index contributed by atoms with van der Waals surface area (Å²) < 4.78 is 0. The van der Waals surface area contributed by atoms with Gasteiger partial charge in [0.25, 0.3) is 5.91 Å². The third-order valence-electron chi connectivity index (χ3n) is 3.86. The SMILES string of the molecule is N#Cc1cccc(C(=O)N2CCC(Nc3ccccc3)C2)c1. The van der Waals surface area contributed by atoms with E-state index in [2.05, 4.69) is 11.4 Å². The summed E-state index contributed by atoms with van der Waals surface area (Å²) in [6.07, 6.45) is 0.929. The van der Waals surface area contributed by atoms with Crippen LogP contribution >= 0.6 is 0 Å². The van der Waals surface area contributed by atoms with Crippen molar-refractivity contribution >= 4 is 11.6 Å². The fourth-order valence-corrected chi connectivity index (χ4v) is 2.74. The fourth-order valence-electron chi connectivity index (χ4n) is 2.74. The Balaban J connectivity index is 1.64. The number of nitriles is 1. The van der Waals surface area contributed by atoms with Gasteiger partial charge in [-0.2, -0.15) is 5.26 Å². The molecule has 2 aromatic rings. The Hall–Kier alpha value is -2.80. The van der Waals surface area contributed by atoms with Crippen molar-refractivity contribution in [3.63, 3.8) is 0 Å². The Labute approximate surface area is 130 Å². The molecule has 0 spiro atoms. The van der Waals surface area contributed by atoms with Gasteiger partial charge in [0.1, 0.15) is 0 Å². The van der Waals surface area contributed by atoms with E-state index in [1.165, 1.54) is 0 Å². The molecule has 3 rings (SSSR count). The van der Waals surface area contributed by atoms with E-state index in [1.807, 2.05) is 35.2 Å². The van der Waals surface area contributed by atoms with E-state index >= 15 is 0 Å². The molecule has 22 heavy (non-hydrogen) atoms. The molecule has 1 fully saturated rings. The van der Waals surface area contributed by atoms with Crippen LogP contribution in [0.2, 0.25) is 0 Å². The van der Waals surface area contributed by atoms with Crippen molar-refractivity contribution < 1.29 is 4.79 Å². The second-order valence-electron chi connectivity index (χ2n) is 5.44. The molecule has 0 aliphatic carbocycles. The van der Waals surface area contributed by atoms with Crippen molar-refractivity contribution in [1.82, 2.24) is 4.90 Å². The maximum absolute atomic E-state index is 12.5. The minimum absolute atomic E-state index is 0.00513. The number of hydrogen-bond acceptors (Lipinski definition) is 3. The zero-order valence-corrected chi connectivity index (χ0v) is 12.2. The summed E-state index contributed by atoms with van der Waals surface area (Å²) in [6.45, 7) is 1.42. The number of likely N-dealkylation sites (tertiary alicyclic amines) is 1. The molecule has 1 atom stereocenters. The van der Waals surface area contributed by atoms with E-state index in [0.717, 1.165) is 18.7 Å². The van der Waals surface area contributed by atoms with Crippen molar-refractivity contribution in [1.29, 1.82) is 5.26 Å². The lowest BCUT2D eigenvalue weighted by Crippen LogP contribution is -2.31. The molecule has 0 bridgehead atoms. The average Bonchev–Trinajstić information content (AvgIpc) is 3.03. The van der Waals surface area contributed by atoms with Crippen LogP contribution in [0, 0.1) is 11.3 Å². The third-order valence-corrected chi connectivity index (χ3v) is 3.86. The molecule has 1 saturated heterocycles. The smallest absolute Gasteiger partial charge is 0.253 e. The highest BCUT2D eigenvalue weighted by atomic mass is 16.2. The van der Waals surface area contributed by atoms with Gasteiger partial charge in [0.15, 0.2) is 0 Å². The number of carbonyl (C=O) groups excluding carboxylic acids is 1. The summed E-state index contributed by atoms with van der Waals surface area (Å²) in [4.78, 5) is 14.3. The van der Waals surface area contributed by atoms with Gasteiger partial charge in [0.05, 0.1) is 11.6 Å². The number of nitrogens with one attached hydrogen (secondary N) is 1. The maximum atomic E-state index is 12.5. The molecule has 1 aliphatic rings. The van der Waals surface area contributed by atoms with Crippen LogP contribution in [0.1, 0.15) is 22.3 Å². The highest BCUT2D eigenvalue weighted by molar-refractivity contribution is 5.94. The number of rotatable bonds is 3.